The number of benzene rings is 1. The summed E-state index contributed by atoms with van der Waals surface area (Å²) in [4.78, 5) is 16.3. The summed E-state index contributed by atoms with van der Waals surface area (Å²) in [6, 6.07) is 7.99. The molecule has 0 saturated heterocycles. The Kier molecular flexibility index (Phi) is 2.44. The van der Waals surface area contributed by atoms with Crippen molar-refractivity contribution in [2.75, 3.05) is 6.61 Å². The van der Waals surface area contributed by atoms with Crippen LogP contribution < -0.4 is 4.74 Å². The van der Waals surface area contributed by atoms with Gasteiger partial charge >= 0.3 is 0 Å². The lowest BCUT2D eigenvalue weighted by atomic mass is 10.0. The third kappa shape index (κ3) is 1.74. The maximum atomic E-state index is 11.3. The molecule has 3 rings (SSSR count). The lowest BCUT2D eigenvalue weighted by Gasteiger charge is -2.03. The van der Waals surface area contributed by atoms with Crippen molar-refractivity contribution in [1.29, 1.82) is 0 Å². The maximum Gasteiger partial charge on any atom is 0.171 e. The van der Waals surface area contributed by atoms with E-state index in [1.54, 1.807) is 13.1 Å². The van der Waals surface area contributed by atoms with Gasteiger partial charge in [-0.05, 0) is 6.07 Å². The van der Waals surface area contributed by atoms with Gasteiger partial charge in [0.1, 0.15) is 17.4 Å². The number of Topliss-reactive ketones (excluding diaryl/α,β-unsaturated/α-hetero) is 1. The molecule has 1 aliphatic heterocycles. The minimum Gasteiger partial charge on any atom is -0.492 e. The van der Waals surface area contributed by atoms with Crippen LogP contribution in [0.15, 0.2) is 30.5 Å². The zero-order valence-corrected chi connectivity index (χ0v) is 10.2. The molecule has 0 N–H and O–H groups in total. The van der Waals surface area contributed by atoms with Crippen LogP contribution in [0.4, 0.5) is 0 Å². The van der Waals surface area contributed by atoms with E-state index < -0.39 is 0 Å². The summed E-state index contributed by atoms with van der Waals surface area (Å²) >= 11 is 1.46. The Morgan fingerprint density at radius 3 is 3.06 bits per heavy atom. The molecule has 4 heteroatoms. The van der Waals surface area contributed by atoms with E-state index in [0.717, 1.165) is 16.3 Å². The fraction of sp³-hybridized carbons (Fsp3) is 0.231. The van der Waals surface area contributed by atoms with Crippen molar-refractivity contribution in [3.8, 4) is 5.75 Å². The van der Waals surface area contributed by atoms with Crippen LogP contribution in [0.1, 0.15) is 33.1 Å². The van der Waals surface area contributed by atoms with E-state index in [1.807, 2.05) is 18.2 Å². The quantitative estimate of drug-likeness (QED) is 0.764. The summed E-state index contributed by atoms with van der Waals surface area (Å²) in [5.41, 5.74) is 1.16. The first-order chi connectivity index (χ1) is 8.25. The predicted octanol–water partition coefficient (Wildman–Crippen LogP) is 2.87. The van der Waals surface area contributed by atoms with E-state index >= 15 is 0 Å². The second-order valence-corrected chi connectivity index (χ2v) is 5.08. The molecule has 1 unspecified atom stereocenters. The average Bonchev–Trinajstić information content (AvgIpc) is 2.95. The lowest BCUT2D eigenvalue weighted by molar-refractivity contribution is 0.102. The van der Waals surface area contributed by atoms with Crippen LogP contribution in [-0.4, -0.2) is 17.4 Å². The Balaban J connectivity index is 1.98. The molecule has 0 fully saturated rings. The molecule has 17 heavy (non-hydrogen) atoms. The van der Waals surface area contributed by atoms with Crippen molar-refractivity contribution in [2.45, 2.75) is 12.8 Å². The smallest absolute Gasteiger partial charge is 0.171 e. The Morgan fingerprint density at radius 2 is 2.29 bits per heavy atom. The molecule has 1 aromatic heterocycles. The van der Waals surface area contributed by atoms with Crippen molar-refractivity contribution in [1.82, 2.24) is 4.98 Å². The number of thiazole rings is 1. The standard InChI is InChI=1S/C13H11NO2S/c1-8(15)12-6-14-13(17-12)10-7-16-11-5-3-2-4-9(10)11/h2-6,10H,7H2,1H3. The summed E-state index contributed by atoms with van der Waals surface area (Å²) in [5, 5.41) is 0.958. The molecule has 86 valence electrons. The van der Waals surface area contributed by atoms with Gasteiger partial charge in [-0.2, -0.15) is 0 Å². The van der Waals surface area contributed by atoms with Gasteiger partial charge in [-0.1, -0.05) is 18.2 Å². The Bertz CT molecular complexity index is 576. The molecule has 0 bridgehead atoms. The number of rotatable bonds is 2. The number of aromatic nitrogens is 1. The molecule has 3 nitrogen and oxygen atoms in total. The molecule has 2 aromatic rings. The number of nitrogens with zero attached hydrogens (tertiary/aromatic N) is 1. The van der Waals surface area contributed by atoms with E-state index in [9.17, 15) is 4.79 Å². The molecule has 0 radical (unpaired) electrons. The number of carbonyl (C=O) groups excluding carboxylic acids is 1. The highest BCUT2D eigenvalue weighted by molar-refractivity contribution is 7.13. The van der Waals surface area contributed by atoms with Crippen molar-refractivity contribution in [3.05, 3.63) is 45.9 Å². The van der Waals surface area contributed by atoms with Crippen LogP contribution >= 0.6 is 11.3 Å². The van der Waals surface area contributed by atoms with Gasteiger partial charge in [-0.3, -0.25) is 4.79 Å². The average molecular weight is 245 g/mol. The van der Waals surface area contributed by atoms with Gasteiger partial charge < -0.3 is 4.74 Å². The molecule has 1 aromatic carbocycles. The van der Waals surface area contributed by atoms with Crippen molar-refractivity contribution >= 4 is 17.1 Å². The fourth-order valence-electron chi connectivity index (χ4n) is 1.98. The minimum atomic E-state index is 0.0703. The zero-order valence-electron chi connectivity index (χ0n) is 9.34. The SMILES string of the molecule is CC(=O)c1cnc(C2COc3ccccc32)s1. The van der Waals surface area contributed by atoms with Crippen LogP contribution in [0.5, 0.6) is 5.75 Å². The van der Waals surface area contributed by atoms with Crippen LogP contribution in [0.25, 0.3) is 0 Å². The zero-order chi connectivity index (χ0) is 11.8. The summed E-state index contributed by atoms with van der Waals surface area (Å²) in [7, 11) is 0. The number of carbonyl (C=O) groups is 1. The molecule has 1 aliphatic rings. The summed E-state index contributed by atoms with van der Waals surface area (Å²) < 4.78 is 5.62. The summed E-state index contributed by atoms with van der Waals surface area (Å²) in [6.07, 6.45) is 1.66. The highest BCUT2D eigenvalue weighted by Crippen LogP contribution is 2.39. The van der Waals surface area contributed by atoms with Gasteiger partial charge in [0, 0.05) is 18.7 Å². The van der Waals surface area contributed by atoms with E-state index in [2.05, 4.69) is 11.1 Å². The second-order valence-electron chi connectivity index (χ2n) is 4.02. The first-order valence-electron chi connectivity index (χ1n) is 5.44. The lowest BCUT2D eigenvalue weighted by Crippen LogP contribution is -2.01. The number of fused-ring (bicyclic) bond motifs is 1. The van der Waals surface area contributed by atoms with Gasteiger partial charge in [0.25, 0.3) is 0 Å². The van der Waals surface area contributed by atoms with Crippen LogP contribution in [-0.2, 0) is 0 Å². The number of ketones is 1. The molecule has 1 atom stereocenters. The molecule has 0 spiro atoms. The minimum absolute atomic E-state index is 0.0703. The first kappa shape index (κ1) is 10.5. The van der Waals surface area contributed by atoms with Gasteiger partial charge in [0.05, 0.1) is 10.8 Å². The van der Waals surface area contributed by atoms with Gasteiger partial charge in [0.2, 0.25) is 0 Å². The molecular weight excluding hydrogens is 234 g/mol. The van der Waals surface area contributed by atoms with E-state index in [-0.39, 0.29) is 11.7 Å². The molecular formula is C13H11NO2S. The number of hydrogen-bond donors (Lipinski definition) is 0. The van der Waals surface area contributed by atoms with E-state index in [4.69, 9.17) is 4.74 Å². The topological polar surface area (TPSA) is 39.2 Å². The number of ether oxygens (including phenoxy) is 1. The summed E-state index contributed by atoms with van der Waals surface area (Å²) in [5.74, 6) is 1.17. The third-order valence-corrected chi connectivity index (χ3v) is 4.08. The normalized spacial score (nSPS) is 17.6. The maximum absolute atomic E-state index is 11.3. The Morgan fingerprint density at radius 1 is 1.47 bits per heavy atom. The molecule has 0 saturated carbocycles. The van der Waals surface area contributed by atoms with Crippen LogP contribution in [0.2, 0.25) is 0 Å². The number of para-hydroxylation sites is 1. The Labute approximate surface area is 103 Å². The highest BCUT2D eigenvalue weighted by atomic mass is 32.1. The van der Waals surface area contributed by atoms with Crippen molar-refractivity contribution in [2.24, 2.45) is 0 Å². The summed E-state index contributed by atoms with van der Waals surface area (Å²) in [6.45, 7) is 2.18. The molecule has 0 aliphatic carbocycles. The predicted molar refractivity (Wildman–Crippen MR) is 65.9 cm³/mol. The van der Waals surface area contributed by atoms with Crippen LogP contribution in [0.3, 0.4) is 0 Å². The third-order valence-electron chi connectivity index (χ3n) is 2.87. The highest BCUT2D eigenvalue weighted by Gasteiger charge is 2.27. The first-order valence-corrected chi connectivity index (χ1v) is 6.26. The Hall–Kier alpha value is -1.68. The number of hydrogen-bond acceptors (Lipinski definition) is 4. The van der Waals surface area contributed by atoms with Gasteiger partial charge in [-0.25, -0.2) is 4.98 Å². The van der Waals surface area contributed by atoms with E-state index in [1.165, 1.54) is 11.3 Å². The van der Waals surface area contributed by atoms with Gasteiger partial charge in [-0.15, -0.1) is 11.3 Å². The van der Waals surface area contributed by atoms with E-state index in [0.29, 0.717) is 11.5 Å². The molecule has 2 heterocycles. The van der Waals surface area contributed by atoms with Crippen molar-refractivity contribution in [3.63, 3.8) is 0 Å². The van der Waals surface area contributed by atoms with Crippen LogP contribution in [0, 0.1) is 0 Å². The molecule has 0 amide bonds. The monoisotopic (exact) mass is 245 g/mol. The van der Waals surface area contributed by atoms with Gasteiger partial charge in [0.15, 0.2) is 5.78 Å². The largest absolute Gasteiger partial charge is 0.492 e. The fourth-order valence-corrected chi connectivity index (χ4v) is 2.90. The second kappa shape index (κ2) is 3.96. The van der Waals surface area contributed by atoms with Crippen molar-refractivity contribution < 1.29 is 9.53 Å².